The lowest BCUT2D eigenvalue weighted by molar-refractivity contribution is 0.146. The van der Waals surface area contributed by atoms with Gasteiger partial charge in [-0.05, 0) is 25.5 Å². The van der Waals surface area contributed by atoms with Gasteiger partial charge in [0.15, 0.2) is 17.5 Å². The molecule has 0 bridgehead atoms. The van der Waals surface area contributed by atoms with E-state index in [2.05, 4.69) is 15.7 Å². The zero-order chi connectivity index (χ0) is 15.0. The number of rotatable bonds is 6. The minimum Gasteiger partial charge on any atom is -0.382 e. The van der Waals surface area contributed by atoms with Gasteiger partial charge in [0.1, 0.15) is 0 Å². The lowest BCUT2D eigenvalue weighted by Crippen LogP contribution is -2.36. The van der Waals surface area contributed by atoms with E-state index in [1.165, 1.54) is 0 Å². The number of aliphatic imine (C=N–C) groups is 1. The fraction of sp³-hybridized carbons (Fsp3) is 0.417. The first-order valence-electron chi connectivity index (χ1n) is 6.09. The second-order valence-electron chi connectivity index (χ2n) is 3.77. The van der Waals surface area contributed by atoms with Crippen molar-refractivity contribution in [3.63, 3.8) is 0 Å². The maximum Gasteiger partial charge on any atom is 0.210 e. The first kappa shape index (κ1) is 16.3. The molecule has 0 heterocycles. The van der Waals surface area contributed by atoms with Gasteiger partial charge in [0.25, 0.3) is 0 Å². The van der Waals surface area contributed by atoms with Crippen LogP contribution in [-0.4, -0.2) is 25.7 Å². The van der Waals surface area contributed by atoms with Gasteiger partial charge in [-0.3, -0.25) is 10.4 Å². The highest BCUT2D eigenvalue weighted by molar-refractivity contribution is 5.93. The van der Waals surface area contributed by atoms with Crippen LogP contribution in [0.1, 0.15) is 13.3 Å². The largest absolute Gasteiger partial charge is 0.382 e. The Morgan fingerprint density at radius 3 is 2.70 bits per heavy atom. The molecule has 0 unspecified atom stereocenters. The van der Waals surface area contributed by atoms with Crippen molar-refractivity contribution >= 4 is 11.6 Å². The molecule has 0 aliphatic rings. The summed E-state index contributed by atoms with van der Waals surface area (Å²) in [7, 11) is 0. The quantitative estimate of drug-likeness (QED) is 0.186. The molecule has 0 spiro atoms. The zero-order valence-electron chi connectivity index (χ0n) is 11.0. The van der Waals surface area contributed by atoms with E-state index in [-0.39, 0.29) is 11.6 Å². The van der Waals surface area contributed by atoms with Crippen LogP contribution in [0.4, 0.5) is 18.9 Å². The summed E-state index contributed by atoms with van der Waals surface area (Å²) >= 11 is 0. The summed E-state index contributed by atoms with van der Waals surface area (Å²) in [5, 5.41) is 2.45. The van der Waals surface area contributed by atoms with Crippen LogP contribution in [0.5, 0.6) is 0 Å². The van der Waals surface area contributed by atoms with Gasteiger partial charge in [-0.2, -0.15) is 0 Å². The van der Waals surface area contributed by atoms with Crippen molar-refractivity contribution < 1.29 is 17.9 Å². The fourth-order valence-electron chi connectivity index (χ4n) is 1.37. The monoisotopic (exact) mass is 290 g/mol. The Labute approximate surface area is 115 Å². The van der Waals surface area contributed by atoms with Crippen molar-refractivity contribution in [3.8, 4) is 0 Å². The number of nitrogens with zero attached hydrogens (tertiary/aromatic N) is 1. The number of nitrogens with two attached hydrogens (primary N) is 1. The van der Waals surface area contributed by atoms with Crippen molar-refractivity contribution in [2.24, 2.45) is 10.8 Å². The number of hydrogen-bond donors (Lipinski definition) is 3. The highest BCUT2D eigenvalue weighted by Gasteiger charge is 2.14. The normalized spacial score (nSPS) is 11.6. The Morgan fingerprint density at radius 1 is 1.30 bits per heavy atom. The lowest BCUT2D eigenvalue weighted by Gasteiger charge is -2.10. The number of hydrogen-bond acceptors (Lipinski definition) is 3. The number of anilines is 1. The van der Waals surface area contributed by atoms with Crippen LogP contribution in [-0.2, 0) is 4.74 Å². The second-order valence-corrected chi connectivity index (χ2v) is 3.77. The van der Waals surface area contributed by atoms with Crippen molar-refractivity contribution in [2.75, 3.05) is 25.1 Å². The molecular weight excluding hydrogens is 273 g/mol. The molecule has 20 heavy (non-hydrogen) atoms. The summed E-state index contributed by atoms with van der Waals surface area (Å²) in [6.45, 7) is 3.42. The summed E-state index contributed by atoms with van der Waals surface area (Å²) in [6.07, 6.45) is 0.654. The molecule has 0 atom stereocenters. The predicted molar refractivity (Wildman–Crippen MR) is 70.7 cm³/mol. The Balaban J connectivity index is 2.64. The van der Waals surface area contributed by atoms with E-state index in [4.69, 9.17) is 10.6 Å². The van der Waals surface area contributed by atoms with Gasteiger partial charge in [0, 0.05) is 19.8 Å². The number of ether oxygens (including phenoxy) is 1. The molecule has 0 fully saturated rings. The molecule has 5 nitrogen and oxygen atoms in total. The van der Waals surface area contributed by atoms with Crippen LogP contribution in [0.2, 0.25) is 0 Å². The molecule has 0 radical (unpaired) electrons. The summed E-state index contributed by atoms with van der Waals surface area (Å²) in [6, 6.07) is 1.87. The van der Waals surface area contributed by atoms with E-state index in [1.54, 1.807) is 0 Å². The number of nitrogens with one attached hydrogen (secondary N) is 2. The lowest BCUT2D eigenvalue weighted by atomic mass is 10.3. The molecule has 1 rings (SSSR count). The van der Waals surface area contributed by atoms with Crippen LogP contribution < -0.4 is 16.6 Å². The molecule has 0 aliphatic carbocycles. The molecule has 4 N–H and O–H groups in total. The molecule has 0 saturated carbocycles. The van der Waals surface area contributed by atoms with E-state index in [0.29, 0.717) is 26.2 Å². The summed E-state index contributed by atoms with van der Waals surface area (Å²) < 4.78 is 44.4. The van der Waals surface area contributed by atoms with Gasteiger partial charge in [0.05, 0.1) is 5.69 Å². The third-order valence-corrected chi connectivity index (χ3v) is 2.35. The van der Waals surface area contributed by atoms with Crippen LogP contribution in [0.25, 0.3) is 0 Å². The topological polar surface area (TPSA) is 71.7 Å². The molecule has 112 valence electrons. The first-order chi connectivity index (χ1) is 9.60. The molecular formula is C12H17F3N4O. The van der Waals surface area contributed by atoms with Gasteiger partial charge in [-0.15, -0.1) is 0 Å². The van der Waals surface area contributed by atoms with Gasteiger partial charge >= 0.3 is 0 Å². The summed E-state index contributed by atoms with van der Waals surface area (Å²) in [5.41, 5.74) is 1.96. The molecule has 1 aromatic rings. The van der Waals surface area contributed by atoms with Crippen molar-refractivity contribution in [2.45, 2.75) is 13.3 Å². The summed E-state index contributed by atoms with van der Waals surface area (Å²) in [5.74, 6) is 1.12. The molecule has 0 aliphatic heterocycles. The minimum absolute atomic E-state index is 0.0476. The standard InChI is InChI=1S/C12H17F3N4O/c1-2-20-7-3-6-17-12(19-16)18-9-5-4-8(13)10(14)11(9)15/h4-5H,2-3,6-7,16H2,1H3,(H2,17,18,19). The molecule has 1 aromatic carbocycles. The Hall–Kier alpha value is -1.80. The van der Waals surface area contributed by atoms with Crippen molar-refractivity contribution in [1.82, 2.24) is 5.43 Å². The number of benzene rings is 1. The third kappa shape index (κ3) is 4.71. The second kappa shape index (κ2) is 8.39. The van der Waals surface area contributed by atoms with Crippen LogP contribution >= 0.6 is 0 Å². The summed E-state index contributed by atoms with van der Waals surface area (Å²) in [4.78, 5) is 4.01. The average molecular weight is 290 g/mol. The van der Waals surface area contributed by atoms with Crippen LogP contribution in [0.15, 0.2) is 17.1 Å². The molecule has 0 saturated heterocycles. The average Bonchev–Trinajstić information content (AvgIpc) is 2.46. The molecule has 8 heteroatoms. The predicted octanol–water partition coefficient (Wildman–Crippen LogP) is 1.76. The first-order valence-corrected chi connectivity index (χ1v) is 6.09. The van der Waals surface area contributed by atoms with E-state index < -0.39 is 17.5 Å². The van der Waals surface area contributed by atoms with E-state index in [0.717, 1.165) is 12.1 Å². The maximum atomic E-state index is 13.4. The zero-order valence-corrected chi connectivity index (χ0v) is 11.0. The highest BCUT2D eigenvalue weighted by atomic mass is 19.2. The van der Waals surface area contributed by atoms with E-state index in [9.17, 15) is 13.2 Å². The molecule has 0 amide bonds. The number of guanidine groups is 1. The van der Waals surface area contributed by atoms with Crippen molar-refractivity contribution in [3.05, 3.63) is 29.6 Å². The molecule has 0 aromatic heterocycles. The van der Waals surface area contributed by atoms with Gasteiger partial charge in [-0.25, -0.2) is 19.0 Å². The Morgan fingerprint density at radius 2 is 2.05 bits per heavy atom. The maximum absolute atomic E-state index is 13.4. The Kier molecular flexibility index (Phi) is 6.82. The van der Waals surface area contributed by atoms with Gasteiger partial charge in [-0.1, -0.05) is 0 Å². The van der Waals surface area contributed by atoms with E-state index in [1.807, 2.05) is 6.92 Å². The highest BCUT2D eigenvalue weighted by Crippen LogP contribution is 2.19. The Bertz CT molecular complexity index is 468. The SMILES string of the molecule is CCOCCCN=C(NN)Nc1ccc(F)c(F)c1F. The van der Waals surface area contributed by atoms with Crippen LogP contribution in [0, 0.1) is 17.5 Å². The van der Waals surface area contributed by atoms with E-state index >= 15 is 0 Å². The smallest absolute Gasteiger partial charge is 0.210 e. The van der Waals surface area contributed by atoms with Crippen LogP contribution in [0.3, 0.4) is 0 Å². The third-order valence-electron chi connectivity index (χ3n) is 2.35. The fourth-order valence-corrected chi connectivity index (χ4v) is 1.37. The number of halogens is 3. The van der Waals surface area contributed by atoms with Gasteiger partial charge < -0.3 is 10.1 Å². The van der Waals surface area contributed by atoms with Gasteiger partial charge in [0.2, 0.25) is 5.96 Å². The van der Waals surface area contributed by atoms with Crippen molar-refractivity contribution in [1.29, 1.82) is 0 Å². The number of hydrazine groups is 1. The minimum atomic E-state index is -1.55.